The van der Waals surface area contributed by atoms with Gasteiger partial charge >= 0.3 is 0 Å². The van der Waals surface area contributed by atoms with E-state index in [2.05, 4.69) is 20.5 Å². The number of H-pyrrole nitrogens is 1. The minimum Gasteiger partial charge on any atom is -0.497 e. The lowest BCUT2D eigenvalue weighted by Gasteiger charge is -2.28. The van der Waals surface area contributed by atoms with Crippen molar-refractivity contribution in [2.45, 2.75) is 13.0 Å². The van der Waals surface area contributed by atoms with E-state index in [0.29, 0.717) is 25.2 Å². The average molecular weight is 392 g/mol. The zero-order chi connectivity index (χ0) is 20.0. The van der Waals surface area contributed by atoms with E-state index in [0.717, 1.165) is 27.9 Å². The van der Waals surface area contributed by atoms with Gasteiger partial charge in [0.2, 0.25) is 0 Å². The molecule has 2 aromatic heterocycles. The van der Waals surface area contributed by atoms with E-state index in [1.807, 2.05) is 18.2 Å². The molecule has 29 heavy (non-hydrogen) atoms. The third kappa shape index (κ3) is 2.91. The number of fused-ring (bicyclic) bond motifs is 3. The molecular weight excluding hydrogens is 375 g/mol. The van der Waals surface area contributed by atoms with Gasteiger partial charge in [-0.3, -0.25) is 4.79 Å². The van der Waals surface area contributed by atoms with Crippen molar-refractivity contribution >= 4 is 16.8 Å². The molecule has 1 amide bonds. The molecule has 0 aliphatic carbocycles. The van der Waals surface area contributed by atoms with Crippen molar-refractivity contribution < 1.29 is 13.9 Å². The quantitative estimate of drug-likeness (QED) is 0.579. The number of ether oxygens (including phenoxy) is 1. The lowest BCUT2D eigenvalue weighted by molar-refractivity contribution is 0.0734. The number of hydrogen-bond donors (Lipinski definition) is 1. The molecule has 4 aromatic rings. The van der Waals surface area contributed by atoms with Crippen LogP contribution in [0.3, 0.4) is 0 Å². The fourth-order valence-electron chi connectivity index (χ4n) is 3.81. The molecule has 8 nitrogen and oxygen atoms in total. The second-order valence-corrected chi connectivity index (χ2v) is 6.89. The van der Waals surface area contributed by atoms with Crippen LogP contribution < -0.4 is 4.74 Å². The summed E-state index contributed by atoms with van der Waals surface area (Å²) in [6, 6.07) is 9.86. The summed E-state index contributed by atoms with van der Waals surface area (Å²) in [5, 5.41) is 12.1. The lowest BCUT2D eigenvalue weighted by atomic mass is 10.0. The Morgan fingerprint density at radius 3 is 2.93 bits per heavy atom. The van der Waals surface area contributed by atoms with Crippen LogP contribution in [0.25, 0.3) is 16.6 Å². The average Bonchev–Trinajstić information content (AvgIpc) is 3.40. The van der Waals surface area contributed by atoms with Gasteiger partial charge in [-0.1, -0.05) is 0 Å². The number of carbonyl (C=O) groups excluding carboxylic acids is 1. The molecule has 3 heterocycles. The van der Waals surface area contributed by atoms with Crippen molar-refractivity contribution in [1.82, 2.24) is 30.1 Å². The molecule has 5 rings (SSSR count). The Kier molecular flexibility index (Phi) is 4.01. The van der Waals surface area contributed by atoms with Gasteiger partial charge in [0.1, 0.15) is 17.9 Å². The van der Waals surface area contributed by atoms with Crippen LogP contribution in [0.4, 0.5) is 4.39 Å². The summed E-state index contributed by atoms with van der Waals surface area (Å²) in [4.78, 5) is 18.4. The Labute approximate surface area is 164 Å². The number of aromatic nitrogens is 5. The molecule has 0 saturated carbocycles. The van der Waals surface area contributed by atoms with Crippen molar-refractivity contribution in [3.63, 3.8) is 0 Å². The van der Waals surface area contributed by atoms with Crippen LogP contribution in [0.5, 0.6) is 5.75 Å². The number of nitrogens with zero attached hydrogens (tertiary/aromatic N) is 5. The van der Waals surface area contributed by atoms with Crippen molar-refractivity contribution in [2.75, 3.05) is 13.7 Å². The molecule has 146 valence electrons. The van der Waals surface area contributed by atoms with Crippen molar-refractivity contribution in [1.29, 1.82) is 0 Å². The van der Waals surface area contributed by atoms with Crippen molar-refractivity contribution in [3.05, 3.63) is 65.4 Å². The first-order chi connectivity index (χ1) is 14.1. The number of rotatable bonds is 3. The minimum absolute atomic E-state index is 0.221. The van der Waals surface area contributed by atoms with Gasteiger partial charge in [0.15, 0.2) is 0 Å². The topological polar surface area (TPSA) is 88.9 Å². The fraction of sp³-hybridized carbons (Fsp3) is 0.200. The van der Waals surface area contributed by atoms with Gasteiger partial charge < -0.3 is 14.6 Å². The number of halogens is 1. The SMILES string of the molecule is COc1ccc2[nH]c3c(c2c1)CN(C(=O)c1cc(F)ccc1-n1cnnn1)CC3. The second kappa shape index (κ2) is 6.69. The predicted molar refractivity (Wildman–Crippen MR) is 102 cm³/mol. The van der Waals surface area contributed by atoms with Crippen LogP contribution in [0, 0.1) is 5.82 Å². The Morgan fingerprint density at radius 1 is 1.24 bits per heavy atom. The summed E-state index contributed by atoms with van der Waals surface area (Å²) >= 11 is 0. The summed E-state index contributed by atoms with van der Waals surface area (Å²) in [6.07, 6.45) is 2.07. The van der Waals surface area contributed by atoms with Crippen molar-refractivity contribution in [2.24, 2.45) is 0 Å². The highest BCUT2D eigenvalue weighted by atomic mass is 19.1. The van der Waals surface area contributed by atoms with Gasteiger partial charge in [-0.15, -0.1) is 5.10 Å². The number of benzene rings is 2. The van der Waals surface area contributed by atoms with Crippen LogP contribution in [-0.4, -0.2) is 49.7 Å². The first kappa shape index (κ1) is 17.4. The third-order valence-electron chi connectivity index (χ3n) is 5.25. The van der Waals surface area contributed by atoms with Gasteiger partial charge in [0.25, 0.3) is 5.91 Å². The molecule has 1 aliphatic rings. The Morgan fingerprint density at radius 2 is 2.14 bits per heavy atom. The highest BCUT2D eigenvalue weighted by Crippen LogP contribution is 2.31. The summed E-state index contributed by atoms with van der Waals surface area (Å²) < 4.78 is 20.6. The number of carbonyl (C=O) groups is 1. The van der Waals surface area contributed by atoms with E-state index in [1.165, 1.54) is 29.2 Å². The normalized spacial score (nSPS) is 13.5. The molecule has 9 heteroatoms. The van der Waals surface area contributed by atoms with Crippen LogP contribution in [-0.2, 0) is 13.0 Å². The van der Waals surface area contributed by atoms with E-state index in [-0.39, 0.29) is 11.5 Å². The molecule has 0 radical (unpaired) electrons. The number of tetrazole rings is 1. The van der Waals surface area contributed by atoms with Crippen molar-refractivity contribution in [3.8, 4) is 11.4 Å². The number of nitrogens with one attached hydrogen (secondary N) is 1. The highest BCUT2D eigenvalue weighted by Gasteiger charge is 2.27. The largest absolute Gasteiger partial charge is 0.497 e. The smallest absolute Gasteiger partial charge is 0.256 e. The maximum absolute atomic E-state index is 13.9. The molecule has 1 aliphatic heterocycles. The van der Waals surface area contributed by atoms with Gasteiger partial charge in [0.05, 0.1) is 18.4 Å². The minimum atomic E-state index is -0.486. The van der Waals surface area contributed by atoms with Crippen LogP contribution in [0.1, 0.15) is 21.6 Å². The zero-order valence-corrected chi connectivity index (χ0v) is 15.6. The molecule has 1 N–H and O–H groups in total. The monoisotopic (exact) mass is 392 g/mol. The van der Waals surface area contributed by atoms with Crippen LogP contribution in [0.2, 0.25) is 0 Å². The molecule has 0 saturated heterocycles. The molecule has 0 spiro atoms. The van der Waals surface area contributed by atoms with Gasteiger partial charge in [0, 0.05) is 41.7 Å². The van der Waals surface area contributed by atoms with Crippen LogP contribution in [0.15, 0.2) is 42.7 Å². The standard InChI is InChI=1S/C20H17FN6O2/c1-29-13-3-4-17-14(9-13)16-10-26(7-6-18(16)23-17)20(28)15-8-12(21)2-5-19(15)27-11-22-24-25-27/h2-5,8-9,11,23H,6-7,10H2,1H3. The van der Waals surface area contributed by atoms with E-state index in [4.69, 9.17) is 4.74 Å². The third-order valence-corrected chi connectivity index (χ3v) is 5.25. The zero-order valence-electron chi connectivity index (χ0n) is 15.6. The molecule has 0 fully saturated rings. The summed E-state index contributed by atoms with van der Waals surface area (Å²) in [7, 11) is 1.63. The first-order valence-corrected chi connectivity index (χ1v) is 9.13. The molecule has 2 aromatic carbocycles. The molecule has 0 atom stereocenters. The highest BCUT2D eigenvalue weighted by molar-refractivity contribution is 5.98. The Bertz CT molecular complexity index is 1220. The fourth-order valence-corrected chi connectivity index (χ4v) is 3.81. The second-order valence-electron chi connectivity index (χ2n) is 6.89. The van der Waals surface area contributed by atoms with E-state index >= 15 is 0 Å². The van der Waals surface area contributed by atoms with Gasteiger partial charge in [-0.25, -0.2) is 4.39 Å². The maximum atomic E-state index is 13.9. The number of hydrogen-bond acceptors (Lipinski definition) is 5. The van der Waals surface area contributed by atoms with Gasteiger partial charge in [-0.05, 0) is 46.8 Å². The van der Waals surface area contributed by atoms with E-state index in [9.17, 15) is 9.18 Å². The number of aromatic amines is 1. The number of amides is 1. The van der Waals surface area contributed by atoms with Crippen LogP contribution >= 0.6 is 0 Å². The number of methoxy groups -OCH3 is 1. The molecule has 0 bridgehead atoms. The van der Waals surface area contributed by atoms with E-state index < -0.39 is 5.82 Å². The first-order valence-electron chi connectivity index (χ1n) is 9.13. The summed E-state index contributed by atoms with van der Waals surface area (Å²) in [5.41, 5.74) is 3.83. The summed E-state index contributed by atoms with van der Waals surface area (Å²) in [6.45, 7) is 0.953. The molecular formula is C20H17FN6O2. The van der Waals surface area contributed by atoms with E-state index in [1.54, 1.807) is 12.0 Å². The van der Waals surface area contributed by atoms with Gasteiger partial charge in [-0.2, -0.15) is 4.68 Å². The molecule has 0 unspecified atom stereocenters. The summed E-state index contributed by atoms with van der Waals surface area (Å²) in [5.74, 6) is 0.00597. The Balaban J connectivity index is 1.53. The predicted octanol–water partition coefficient (Wildman–Crippen LogP) is 2.49. The lowest BCUT2D eigenvalue weighted by Crippen LogP contribution is -2.36. The Hall–Kier alpha value is -3.75. The maximum Gasteiger partial charge on any atom is 0.256 e.